The van der Waals surface area contributed by atoms with Crippen molar-refractivity contribution in [3.63, 3.8) is 0 Å². The fraction of sp³-hybridized carbons (Fsp3) is 0.278. The zero-order valence-electron chi connectivity index (χ0n) is 12.1. The Bertz CT molecular complexity index is 594. The number of Topliss-reactive ketones (excluding diaryl/α,β-unsaturated/α-hetero) is 1. The molecule has 1 atom stereocenters. The maximum atomic E-state index is 14.2. The molecule has 2 rings (SSSR count). The molecule has 0 aromatic heterocycles. The first-order valence-corrected chi connectivity index (χ1v) is 6.90. The Morgan fingerprint density at radius 1 is 1.15 bits per heavy atom. The van der Waals surface area contributed by atoms with Crippen molar-refractivity contribution in [1.82, 2.24) is 0 Å². The van der Waals surface area contributed by atoms with E-state index in [1.165, 1.54) is 6.07 Å². The molecule has 2 heteroatoms. The van der Waals surface area contributed by atoms with E-state index in [1.54, 1.807) is 6.92 Å². The fourth-order valence-corrected chi connectivity index (χ4v) is 2.66. The minimum atomic E-state index is -0.415. The number of hydrogen-bond donors (Lipinski definition) is 0. The highest BCUT2D eigenvalue weighted by Gasteiger charge is 2.24. The van der Waals surface area contributed by atoms with Gasteiger partial charge in [0, 0.05) is 5.92 Å². The van der Waals surface area contributed by atoms with E-state index < -0.39 is 5.82 Å². The number of carbonyl (C=O) groups is 1. The number of carbonyl (C=O) groups excluding carboxylic acids is 1. The summed E-state index contributed by atoms with van der Waals surface area (Å²) in [5, 5.41) is 0. The molecule has 1 nitrogen and oxygen atoms in total. The molecule has 0 bridgehead atoms. The van der Waals surface area contributed by atoms with Crippen LogP contribution >= 0.6 is 0 Å². The zero-order chi connectivity index (χ0) is 14.7. The second-order valence-electron chi connectivity index (χ2n) is 5.17. The average molecular weight is 270 g/mol. The molecule has 104 valence electrons. The Morgan fingerprint density at radius 3 is 2.35 bits per heavy atom. The van der Waals surface area contributed by atoms with Gasteiger partial charge >= 0.3 is 0 Å². The van der Waals surface area contributed by atoms with E-state index in [4.69, 9.17) is 0 Å². The standard InChI is InChI=1S/C18H19FO/c1-4-15(14-8-6-5-7-9-14)18(20)17-13(3)10-12(2)11-16(17)19/h5-11,15H,4H2,1-3H3. The van der Waals surface area contributed by atoms with Crippen LogP contribution < -0.4 is 0 Å². The summed E-state index contributed by atoms with van der Waals surface area (Å²) in [7, 11) is 0. The van der Waals surface area contributed by atoms with Crippen LogP contribution in [-0.2, 0) is 0 Å². The third-order valence-electron chi connectivity index (χ3n) is 3.60. The molecule has 2 aromatic carbocycles. The van der Waals surface area contributed by atoms with Crippen molar-refractivity contribution >= 4 is 5.78 Å². The Morgan fingerprint density at radius 2 is 1.80 bits per heavy atom. The van der Waals surface area contributed by atoms with E-state index in [0.29, 0.717) is 12.0 Å². The smallest absolute Gasteiger partial charge is 0.173 e. The Balaban J connectivity index is 2.45. The van der Waals surface area contributed by atoms with E-state index in [-0.39, 0.29) is 17.3 Å². The molecule has 0 aliphatic heterocycles. The van der Waals surface area contributed by atoms with E-state index in [9.17, 15) is 9.18 Å². The number of hydrogen-bond acceptors (Lipinski definition) is 1. The van der Waals surface area contributed by atoms with Crippen LogP contribution in [0.1, 0.15) is 46.3 Å². The number of ketones is 1. The fourth-order valence-electron chi connectivity index (χ4n) is 2.66. The summed E-state index contributed by atoms with van der Waals surface area (Å²) in [5.74, 6) is -0.831. The van der Waals surface area contributed by atoms with Gasteiger partial charge in [-0.1, -0.05) is 43.3 Å². The average Bonchev–Trinajstić information content (AvgIpc) is 2.39. The van der Waals surface area contributed by atoms with Gasteiger partial charge in [-0.3, -0.25) is 4.79 Å². The molecule has 0 saturated carbocycles. The molecule has 0 N–H and O–H groups in total. The molecule has 0 radical (unpaired) electrons. The van der Waals surface area contributed by atoms with Gasteiger partial charge in [0.05, 0.1) is 5.56 Å². The molecule has 0 saturated heterocycles. The summed E-state index contributed by atoms with van der Waals surface area (Å²) in [5.41, 5.74) is 2.72. The number of aryl methyl sites for hydroxylation is 2. The SMILES string of the molecule is CCC(C(=O)c1c(C)cc(C)cc1F)c1ccccc1. The summed E-state index contributed by atoms with van der Waals surface area (Å²) in [4.78, 5) is 12.7. The van der Waals surface area contributed by atoms with Crippen LogP contribution in [0.4, 0.5) is 4.39 Å². The third kappa shape index (κ3) is 2.79. The summed E-state index contributed by atoms with van der Waals surface area (Å²) < 4.78 is 14.2. The largest absolute Gasteiger partial charge is 0.293 e. The van der Waals surface area contributed by atoms with Crippen LogP contribution in [0.2, 0.25) is 0 Å². The second kappa shape index (κ2) is 6.00. The highest BCUT2D eigenvalue weighted by molar-refractivity contribution is 6.02. The Kier molecular flexibility index (Phi) is 4.33. The highest BCUT2D eigenvalue weighted by atomic mass is 19.1. The van der Waals surface area contributed by atoms with Gasteiger partial charge in [0.15, 0.2) is 5.78 Å². The van der Waals surface area contributed by atoms with Crippen molar-refractivity contribution in [2.75, 3.05) is 0 Å². The van der Waals surface area contributed by atoms with Crippen molar-refractivity contribution in [2.45, 2.75) is 33.1 Å². The van der Waals surface area contributed by atoms with Crippen LogP contribution in [0, 0.1) is 19.7 Å². The van der Waals surface area contributed by atoms with Gasteiger partial charge in [-0.05, 0) is 43.0 Å². The molecular formula is C18H19FO. The minimum Gasteiger partial charge on any atom is -0.293 e. The lowest BCUT2D eigenvalue weighted by atomic mass is 9.86. The van der Waals surface area contributed by atoms with Gasteiger partial charge in [0.1, 0.15) is 5.82 Å². The predicted octanol–water partition coefficient (Wildman–Crippen LogP) is 4.82. The molecule has 0 heterocycles. The summed E-state index contributed by atoms with van der Waals surface area (Å²) in [6.07, 6.45) is 0.662. The predicted molar refractivity (Wildman–Crippen MR) is 79.7 cm³/mol. The zero-order valence-corrected chi connectivity index (χ0v) is 12.1. The maximum Gasteiger partial charge on any atom is 0.173 e. The maximum absolute atomic E-state index is 14.2. The normalized spacial score (nSPS) is 12.2. The number of benzene rings is 2. The van der Waals surface area contributed by atoms with Crippen LogP contribution in [0.15, 0.2) is 42.5 Å². The van der Waals surface area contributed by atoms with E-state index in [2.05, 4.69) is 0 Å². The number of rotatable bonds is 4. The molecule has 20 heavy (non-hydrogen) atoms. The first-order chi connectivity index (χ1) is 9.54. The van der Waals surface area contributed by atoms with Crippen molar-refractivity contribution in [1.29, 1.82) is 0 Å². The lowest BCUT2D eigenvalue weighted by Gasteiger charge is -2.16. The van der Waals surface area contributed by atoms with Crippen molar-refractivity contribution in [2.24, 2.45) is 0 Å². The molecule has 0 aliphatic carbocycles. The second-order valence-corrected chi connectivity index (χ2v) is 5.17. The van der Waals surface area contributed by atoms with E-state index in [0.717, 1.165) is 11.1 Å². The molecule has 0 amide bonds. The lowest BCUT2D eigenvalue weighted by Crippen LogP contribution is -2.15. The van der Waals surface area contributed by atoms with Gasteiger partial charge in [-0.2, -0.15) is 0 Å². The molecule has 0 aliphatic rings. The lowest BCUT2D eigenvalue weighted by molar-refractivity contribution is 0.0952. The highest BCUT2D eigenvalue weighted by Crippen LogP contribution is 2.27. The summed E-state index contributed by atoms with van der Waals surface area (Å²) in [6, 6.07) is 12.9. The third-order valence-corrected chi connectivity index (χ3v) is 3.60. The van der Waals surface area contributed by atoms with Crippen molar-refractivity contribution in [3.8, 4) is 0 Å². The minimum absolute atomic E-state index is 0.131. The molecule has 1 unspecified atom stereocenters. The van der Waals surface area contributed by atoms with E-state index in [1.807, 2.05) is 50.2 Å². The first-order valence-electron chi connectivity index (χ1n) is 6.90. The van der Waals surface area contributed by atoms with Gasteiger partial charge in [0.25, 0.3) is 0 Å². The van der Waals surface area contributed by atoms with E-state index >= 15 is 0 Å². The van der Waals surface area contributed by atoms with Crippen LogP contribution in [-0.4, -0.2) is 5.78 Å². The summed E-state index contributed by atoms with van der Waals surface area (Å²) >= 11 is 0. The quantitative estimate of drug-likeness (QED) is 0.728. The monoisotopic (exact) mass is 270 g/mol. The van der Waals surface area contributed by atoms with Crippen LogP contribution in [0.25, 0.3) is 0 Å². The summed E-state index contributed by atoms with van der Waals surface area (Å²) in [6.45, 7) is 5.58. The number of halogens is 1. The molecule has 0 spiro atoms. The van der Waals surface area contributed by atoms with Gasteiger partial charge in [-0.15, -0.1) is 0 Å². The molecular weight excluding hydrogens is 251 g/mol. The van der Waals surface area contributed by atoms with Gasteiger partial charge in [-0.25, -0.2) is 4.39 Å². The topological polar surface area (TPSA) is 17.1 Å². The Labute approximate surface area is 119 Å². The molecule has 0 fully saturated rings. The first kappa shape index (κ1) is 14.4. The molecule has 2 aromatic rings. The van der Waals surface area contributed by atoms with Gasteiger partial charge < -0.3 is 0 Å². The van der Waals surface area contributed by atoms with Crippen LogP contribution in [0.3, 0.4) is 0 Å². The Hall–Kier alpha value is -1.96. The van der Waals surface area contributed by atoms with Crippen molar-refractivity contribution in [3.05, 3.63) is 70.5 Å². The van der Waals surface area contributed by atoms with Crippen LogP contribution in [0.5, 0.6) is 0 Å². The van der Waals surface area contributed by atoms with Gasteiger partial charge in [0.2, 0.25) is 0 Å². The van der Waals surface area contributed by atoms with Crippen molar-refractivity contribution < 1.29 is 9.18 Å².